The lowest BCUT2D eigenvalue weighted by Gasteiger charge is -2.45. The van der Waals surface area contributed by atoms with Crippen LogP contribution in [0.2, 0.25) is 0 Å². The van der Waals surface area contributed by atoms with Crippen LogP contribution in [0.1, 0.15) is 84.5 Å². The maximum Gasteiger partial charge on any atom is 0.0362 e. The molecule has 118 valence electrons. The Kier molecular flexibility index (Phi) is 6.83. The van der Waals surface area contributed by atoms with Gasteiger partial charge >= 0.3 is 0 Å². The predicted molar refractivity (Wildman–Crippen MR) is 88.2 cm³/mol. The number of nitrogens with one attached hydrogen (secondary N) is 1. The molecule has 1 heterocycles. The largest absolute Gasteiger partial charge is 0.312 e. The van der Waals surface area contributed by atoms with Crippen LogP contribution >= 0.6 is 0 Å². The second-order valence-corrected chi connectivity index (χ2v) is 6.96. The average Bonchev–Trinajstić information content (AvgIpc) is 3.12. The summed E-state index contributed by atoms with van der Waals surface area (Å²) in [6.45, 7) is 8.44. The summed E-state index contributed by atoms with van der Waals surface area (Å²) in [6.07, 6.45) is 15.6. The first kappa shape index (κ1) is 16.3. The predicted octanol–water partition coefficient (Wildman–Crippen LogP) is 4.34. The molecule has 0 bridgehead atoms. The van der Waals surface area contributed by atoms with Gasteiger partial charge in [-0.2, -0.15) is 0 Å². The van der Waals surface area contributed by atoms with Crippen LogP contribution < -0.4 is 5.32 Å². The van der Waals surface area contributed by atoms with Crippen LogP contribution in [0.3, 0.4) is 0 Å². The highest BCUT2D eigenvalue weighted by Crippen LogP contribution is 2.41. The van der Waals surface area contributed by atoms with Crippen molar-refractivity contribution in [3.63, 3.8) is 0 Å². The highest BCUT2D eigenvalue weighted by molar-refractivity contribution is 5.04. The second-order valence-electron chi connectivity index (χ2n) is 6.96. The fourth-order valence-electron chi connectivity index (χ4n) is 4.62. The van der Waals surface area contributed by atoms with E-state index in [1.807, 2.05) is 0 Å². The summed E-state index contributed by atoms with van der Waals surface area (Å²) < 4.78 is 0. The van der Waals surface area contributed by atoms with Crippen molar-refractivity contribution in [2.45, 2.75) is 96.1 Å². The van der Waals surface area contributed by atoms with Gasteiger partial charge < -0.3 is 5.32 Å². The molecule has 0 aromatic carbocycles. The molecule has 0 aromatic heterocycles. The van der Waals surface area contributed by atoms with E-state index in [-0.39, 0.29) is 0 Å². The van der Waals surface area contributed by atoms with Crippen LogP contribution in [0, 0.1) is 0 Å². The SMILES string of the molecule is CCCCCCC(NCC)C1(N2CCCC2)CCCC1. The van der Waals surface area contributed by atoms with Crippen molar-refractivity contribution in [3.05, 3.63) is 0 Å². The molecule has 2 rings (SSSR count). The summed E-state index contributed by atoms with van der Waals surface area (Å²) >= 11 is 0. The molecule has 2 aliphatic rings. The first-order chi connectivity index (χ1) is 9.83. The number of hydrogen-bond donors (Lipinski definition) is 1. The number of hydrogen-bond acceptors (Lipinski definition) is 2. The summed E-state index contributed by atoms with van der Waals surface area (Å²) in [7, 11) is 0. The van der Waals surface area contributed by atoms with Crippen LogP contribution in [-0.2, 0) is 0 Å². The molecule has 1 N–H and O–H groups in total. The Morgan fingerprint density at radius 1 is 0.950 bits per heavy atom. The Morgan fingerprint density at radius 3 is 2.25 bits per heavy atom. The van der Waals surface area contributed by atoms with E-state index in [1.54, 1.807) is 0 Å². The van der Waals surface area contributed by atoms with Crippen molar-refractivity contribution in [2.75, 3.05) is 19.6 Å². The number of unbranched alkanes of at least 4 members (excludes halogenated alkanes) is 3. The van der Waals surface area contributed by atoms with E-state index >= 15 is 0 Å². The number of rotatable bonds is 9. The summed E-state index contributed by atoms with van der Waals surface area (Å²) in [5.41, 5.74) is 0.513. The Morgan fingerprint density at radius 2 is 1.65 bits per heavy atom. The minimum atomic E-state index is 0.513. The van der Waals surface area contributed by atoms with Gasteiger partial charge in [0.15, 0.2) is 0 Å². The molecule has 2 nitrogen and oxygen atoms in total. The van der Waals surface area contributed by atoms with E-state index < -0.39 is 0 Å². The molecular formula is C18H36N2. The Hall–Kier alpha value is -0.0800. The van der Waals surface area contributed by atoms with E-state index in [0.717, 1.165) is 12.6 Å². The molecule has 2 fully saturated rings. The Labute approximate surface area is 126 Å². The zero-order chi connectivity index (χ0) is 14.3. The quantitative estimate of drug-likeness (QED) is 0.632. The summed E-state index contributed by atoms with van der Waals surface area (Å²) in [5.74, 6) is 0. The molecule has 1 saturated carbocycles. The van der Waals surface area contributed by atoms with Gasteiger partial charge in [0.2, 0.25) is 0 Å². The molecule has 0 radical (unpaired) electrons. The Bertz CT molecular complexity index is 252. The van der Waals surface area contributed by atoms with Crippen molar-refractivity contribution >= 4 is 0 Å². The van der Waals surface area contributed by atoms with Gasteiger partial charge in [0.1, 0.15) is 0 Å². The monoisotopic (exact) mass is 280 g/mol. The third-order valence-electron chi connectivity index (χ3n) is 5.65. The lowest BCUT2D eigenvalue weighted by molar-refractivity contribution is 0.0724. The molecule has 1 saturated heterocycles. The van der Waals surface area contributed by atoms with Gasteiger partial charge in [-0.3, -0.25) is 4.90 Å². The average molecular weight is 280 g/mol. The summed E-state index contributed by atoms with van der Waals surface area (Å²) in [4.78, 5) is 2.87. The lowest BCUT2D eigenvalue weighted by Crippen LogP contribution is -2.59. The zero-order valence-electron chi connectivity index (χ0n) is 13.9. The minimum Gasteiger partial charge on any atom is -0.312 e. The molecule has 0 spiro atoms. The molecule has 0 amide bonds. The molecule has 0 aromatic rings. The van der Waals surface area contributed by atoms with Crippen LogP contribution in [0.4, 0.5) is 0 Å². The fraction of sp³-hybridized carbons (Fsp3) is 1.00. The first-order valence-corrected chi connectivity index (χ1v) is 9.32. The van der Waals surface area contributed by atoms with Gasteiger partial charge in [-0.15, -0.1) is 0 Å². The molecule has 1 unspecified atom stereocenters. The maximum absolute atomic E-state index is 3.88. The zero-order valence-corrected chi connectivity index (χ0v) is 13.9. The fourth-order valence-corrected chi connectivity index (χ4v) is 4.62. The van der Waals surface area contributed by atoms with E-state index in [2.05, 4.69) is 24.1 Å². The van der Waals surface area contributed by atoms with E-state index in [9.17, 15) is 0 Å². The van der Waals surface area contributed by atoms with Gasteiger partial charge in [0.05, 0.1) is 0 Å². The van der Waals surface area contributed by atoms with E-state index in [4.69, 9.17) is 0 Å². The third-order valence-corrected chi connectivity index (χ3v) is 5.65. The maximum atomic E-state index is 3.88. The number of likely N-dealkylation sites (tertiary alicyclic amines) is 1. The van der Waals surface area contributed by atoms with Crippen LogP contribution in [0.5, 0.6) is 0 Å². The standard InChI is InChI=1S/C18H36N2/c1-3-5-6-7-12-17(19-4-2)18(13-8-9-14-18)20-15-10-11-16-20/h17,19H,3-16H2,1-2H3. The smallest absolute Gasteiger partial charge is 0.0362 e. The Balaban J connectivity index is 1.98. The van der Waals surface area contributed by atoms with Gasteiger partial charge in [0.25, 0.3) is 0 Å². The highest BCUT2D eigenvalue weighted by atomic mass is 15.2. The van der Waals surface area contributed by atoms with Crippen LogP contribution in [0.25, 0.3) is 0 Å². The highest BCUT2D eigenvalue weighted by Gasteiger charge is 2.45. The van der Waals surface area contributed by atoms with Crippen molar-refractivity contribution in [1.82, 2.24) is 10.2 Å². The van der Waals surface area contributed by atoms with Crippen LogP contribution in [0.15, 0.2) is 0 Å². The number of nitrogens with zero attached hydrogens (tertiary/aromatic N) is 1. The lowest BCUT2D eigenvalue weighted by atomic mass is 9.83. The molecule has 1 aliphatic heterocycles. The summed E-state index contributed by atoms with van der Waals surface area (Å²) in [5, 5.41) is 3.88. The molecular weight excluding hydrogens is 244 g/mol. The van der Waals surface area contributed by atoms with E-state index in [0.29, 0.717) is 5.54 Å². The first-order valence-electron chi connectivity index (χ1n) is 9.32. The van der Waals surface area contributed by atoms with Crippen molar-refractivity contribution in [2.24, 2.45) is 0 Å². The van der Waals surface area contributed by atoms with Gasteiger partial charge in [0, 0.05) is 11.6 Å². The molecule has 1 aliphatic carbocycles. The topological polar surface area (TPSA) is 15.3 Å². The minimum absolute atomic E-state index is 0.513. The van der Waals surface area contributed by atoms with Crippen molar-refractivity contribution < 1.29 is 0 Å². The van der Waals surface area contributed by atoms with Gasteiger partial charge in [-0.05, 0) is 51.7 Å². The molecule has 20 heavy (non-hydrogen) atoms. The van der Waals surface area contributed by atoms with E-state index in [1.165, 1.54) is 83.7 Å². The van der Waals surface area contributed by atoms with Gasteiger partial charge in [-0.1, -0.05) is 52.4 Å². The number of likely N-dealkylation sites (N-methyl/N-ethyl adjacent to an activating group) is 1. The second kappa shape index (κ2) is 8.38. The molecule has 2 heteroatoms. The summed E-state index contributed by atoms with van der Waals surface area (Å²) in [6, 6.07) is 0.741. The van der Waals surface area contributed by atoms with Crippen molar-refractivity contribution in [3.8, 4) is 0 Å². The van der Waals surface area contributed by atoms with Gasteiger partial charge in [-0.25, -0.2) is 0 Å². The third kappa shape index (κ3) is 3.76. The van der Waals surface area contributed by atoms with Crippen LogP contribution in [-0.4, -0.2) is 36.1 Å². The normalized spacial score (nSPS) is 24.3. The molecule has 1 atom stereocenters. The van der Waals surface area contributed by atoms with Crippen molar-refractivity contribution in [1.29, 1.82) is 0 Å².